The Hall–Kier alpha value is -5.36. The van der Waals surface area contributed by atoms with Crippen LogP contribution in [-0.4, -0.2) is 271 Å². The summed E-state index contributed by atoms with van der Waals surface area (Å²) < 4.78 is 104. The Morgan fingerprint density at radius 2 is 0.795 bits per heavy atom. The molecule has 3 amide bonds. The lowest BCUT2D eigenvalue weighted by Gasteiger charge is -2.22. The molecule has 0 saturated heterocycles. The number of ether oxygens (including phenoxy) is 19. The molecule has 0 aliphatic heterocycles. The minimum absolute atomic E-state index is 0.0460. The summed E-state index contributed by atoms with van der Waals surface area (Å²) >= 11 is 0. The first kappa shape index (κ1) is 78.7. The zero-order chi connectivity index (χ0) is 63.8. The molecule has 4 N–H and O–H groups in total. The van der Waals surface area contributed by atoms with Crippen LogP contribution in [0.15, 0.2) is 42.5 Å². The number of non-ortho nitro benzene ring substituents is 1. The van der Waals surface area contributed by atoms with Gasteiger partial charge in [0, 0.05) is 24.9 Å². The van der Waals surface area contributed by atoms with Gasteiger partial charge in [0.2, 0.25) is 11.8 Å². The second kappa shape index (κ2) is 55.7. The average Bonchev–Trinajstić information content (AvgIpc) is 3.70. The van der Waals surface area contributed by atoms with Crippen LogP contribution >= 0.6 is 0 Å². The highest BCUT2D eigenvalue weighted by Gasteiger charge is 2.27. The molecule has 0 heterocycles. The van der Waals surface area contributed by atoms with Crippen molar-refractivity contribution in [3.63, 3.8) is 0 Å². The van der Waals surface area contributed by atoms with Gasteiger partial charge in [-0.1, -0.05) is 19.9 Å². The number of nitrogens with one attached hydrogen (secondary N) is 3. The number of hydrogen-bond acceptors (Lipinski definition) is 25. The summed E-state index contributed by atoms with van der Waals surface area (Å²) in [7, 11) is 1.64. The number of carbonyl (C=O) groups excluding carboxylic acids is 3. The molecule has 0 aliphatic carbocycles. The number of nitro groups is 1. The molecule has 504 valence electrons. The smallest absolute Gasteiger partial charge is 0.465 e. The maximum atomic E-state index is 13.1. The number of anilines is 1. The molecule has 0 aromatic heterocycles. The molecule has 30 heteroatoms. The summed E-state index contributed by atoms with van der Waals surface area (Å²) in [5.74, 6) is -1.56. The second-order valence-electron chi connectivity index (χ2n) is 18.8. The van der Waals surface area contributed by atoms with Gasteiger partial charge in [0.25, 0.3) is 5.69 Å². The normalized spacial score (nSPS) is 12.1. The van der Waals surface area contributed by atoms with Gasteiger partial charge in [0.05, 0.1) is 223 Å². The first-order chi connectivity index (χ1) is 42.9. The number of amides is 3. The third-order valence-corrected chi connectivity index (χ3v) is 11.6. The molecular weight excluding hydrogens is 1170 g/mol. The molecule has 0 radical (unpaired) electrons. The van der Waals surface area contributed by atoms with Crippen molar-refractivity contribution in [2.24, 2.45) is 5.92 Å². The summed E-state index contributed by atoms with van der Waals surface area (Å²) in [5, 5.41) is 27.5. The van der Waals surface area contributed by atoms with Crippen LogP contribution in [0.1, 0.15) is 31.9 Å². The summed E-state index contributed by atoms with van der Waals surface area (Å²) in [6.07, 6.45) is -2.09. The zero-order valence-corrected chi connectivity index (χ0v) is 51.6. The van der Waals surface area contributed by atoms with Crippen molar-refractivity contribution in [1.29, 1.82) is 0 Å². The van der Waals surface area contributed by atoms with Crippen LogP contribution < -0.4 is 20.7 Å². The number of benzene rings is 2. The topological polar surface area (TPSA) is 343 Å². The second-order valence-corrected chi connectivity index (χ2v) is 18.8. The first-order valence-electron chi connectivity index (χ1n) is 29.5. The Bertz CT molecular complexity index is 2060. The predicted molar refractivity (Wildman–Crippen MR) is 315 cm³/mol. The molecule has 30 nitrogen and oxygen atoms in total. The van der Waals surface area contributed by atoms with Gasteiger partial charge in [-0.3, -0.25) is 19.7 Å². The Morgan fingerprint density at radius 1 is 0.455 bits per heavy atom. The van der Waals surface area contributed by atoms with Gasteiger partial charge in [-0.05, 0) is 54.7 Å². The van der Waals surface area contributed by atoms with Gasteiger partial charge in [0.1, 0.15) is 24.4 Å². The molecule has 0 saturated carbocycles. The standard InChI is InChI=1S/C58H96N4O26/c1-47(2)54(61-57(65)66)56(64)59-48(3)55(63)60-51-6-5-50(46-87-58(67)88-53-9-7-52(8-10-53)62(68)69)49(45-51)11-12-71-15-16-73-19-20-75-23-24-77-27-28-79-31-32-81-35-36-83-39-40-85-43-44-86-42-41-84-38-37-82-34-33-80-30-29-78-26-25-76-22-21-74-18-17-72-14-13-70-4/h5-10,45,47-48,54,61H,11-44,46H2,1-4H3,(H,59,64)(H,60,63)(H,65,66)/t48-,54-/m0/s1. The van der Waals surface area contributed by atoms with E-state index in [-0.39, 0.29) is 37.2 Å². The Kier molecular flexibility index (Phi) is 49.8. The molecule has 0 spiro atoms. The van der Waals surface area contributed by atoms with Crippen LogP contribution in [0.5, 0.6) is 5.75 Å². The SMILES string of the molecule is COCCOCCOCCOCCOCCOCCOCCOCCOCCOCCOCCOCCOCCOCCOCCOCCOCCc1cc(NC(=O)[C@H](C)NC(=O)[C@@H](NC(=O)O)C(C)C)ccc1COC(=O)Oc1ccc([N+](=O)[O-])cc1. The van der Waals surface area contributed by atoms with Crippen molar-refractivity contribution in [2.45, 2.75) is 45.9 Å². The number of carbonyl (C=O) groups is 4. The summed E-state index contributed by atoms with van der Waals surface area (Å²) in [5.41, 5.74) is 1.42. The van der Waals surface area contributed by atoms with Crippen molar-refractivity contribution in [2.75, 3.05) is 230 Å². The van der Waals surface area contributed by atoms with Gasteiger partial charge in [-0.2, -0.15) is 0 Å². The largest absolute Gasteiger partial charge is 0.514 e. The van der Waals surface area contributed by atoms with Crippen LogP contribution in [-0.2, 0) is 108 Å². The van der Waals surface area contributed by atoms with Crippen LogP contribution in [0, 0.1) is 16.0 Å². The molecule has 88 heavy (non-hydrogen) atoms. The number of rotatable bonds is 61. The molecule has 0 aliphatic rings. The lowest BCUT2D eigenvalue weighted by molar-refractivity contribution is -0.384. The quantitative estimate of drug-likeness (QED) is 0.0242. The molecule has 2 aromatic rings. The molecule has 2 aromatic carbocycles. The van der Waals surface area contributed by atoms with Crippen LogP contribution in [0.3, 0.4) is 0 Å². The van der Waals surface area contributed by atoms with Crippen molar-refractivity contribution < 1.29 is 119 Å². The van der Waals surface area contributed by atoms with E-state index in [9.17, 15) is 29.3 Å². The van der Waals surface area contributed by atoms with E-state index in [0.29, 0.717) is 228 Å². The van der Waals surface area contributed by atoms with E-state index >= 15 is 0 Å². The number of methoxy groups -OCH3 is 1. The van der Waals surface area contributed by atoms with Crippen LogP contribution in [0.4, 0.5) is 21.0 Å². The monoisotopic (exact) mass is 1260 g/mol. The van der Waals surface area contributed by atoms with E-state index in [2.05, 4.69) is 16.0 Å². The molecule has 2 rings (SSSR count). The zero-order valence-electron chi connectivity index (χ0n) is 51.6. The van der Waals surface area contributed by atoms with E-state index in [1.807, 2.05) is 0 Å². The minimum Gasteiger partial charge on any atom is -0.465 e. The van der Waals surface area contributed by atoms with Crippen molar-refractivity contribution in [3.8, 4) is 5.75 Å². The average molecular weight is 1270 g/mol. The van der Waals surface area contributed by atoms with E-state index in [1.165, 1.54) is 31.2 Å². The highest BCUT2D eigenvalue weighted by Crippen LogP contribution is 2.21. The van der Waals surface area contributed by atoms with Crippen LogP contribution in [0.25, 0.3) is 0 Å². The maximum absolute atomic E-state index is 13.1. The summed E-state index contributed by atoms with van der Waals surface area (Å²) in [6.45, 7) is 19.3. The van der Waals surface area contributed by atoms with E-state index < -0.39 is 41.1 Å². The van der Waals surface area contributed by atoms with Gasteiger partial charge in [-0.15, -0.1) is 0 Å². The van der Waals surface area contributed by atoms with Gasteiger partial charge in [0.15, 0.2) is 0 Å². The summed E-state index contributed by atoms with van der Waals surface area (Å²) in [6, 6.07) is 7.70. The number of hydrogen-bond donors (Lipinski definition) is 4. The highest BCUT2D eigenvalue weighted by atomic mass is 16.7. The van der Waals surface area contributed by atoms with Gasteiger partial charge in [-0.25, -0.2) is 9.59 Å². The van der Waals surface area contributed by atoms with E-state index in [1.54, 1.807) is 39.2 Å². The molecule has 0 unspecified atom stereocenters. The lowest BCUT2D eigenvalue weighted by atomic mass is 10.0. The van der Waals surface area contributed by atoms with Gasteiger partial charge < -0.3 is 111 Å². The fourth-order valence-electron chi connectivity index (χ4n) is 6.99. The predicted octanol–water partition coefficient (Wildman–Crippen LogP) is 3.50. The third-order valence-electron chi connectivity index (χ3n) is 11.6. The van der Waals surface area contributed by atoms with Crippen molar-refractivity contribution >= 4 is 35.4 Å². The molecular formula is C58H96N4O26. The van der Waals surface area contributed by atoms with Crippen LogP contribution in [0.2, 0.25) is 0 Å². The van der Waals surface area contributed by atoms with E-state index in [0.717, 1.165) is 0 Å². The van der Waals surface area contributed by atoms with E-state index in [4.69, 9.17) is 95.1 Å². The Balaban J connectivity index is 1.39. The maximum Gasteiger partial charge on any atom is 0.514 e. The van der Waals surface area contributed by atoms with Gasteiger partial charge >= 0.3 is 12.2 Å². The molecule has 0 fully saturated rings. The minimum atomic E-state index is -1.37. The lowest BCUT2D eigenvalue weighted by Crippen LogP contribution is -2.53. The number of nitro benzene ring substituents is 1. The number of nitrogens with zero attached hydrogens (tertiary/aromatic N) is 1. The molecule has 2 atom stereocenters. The van der Waals surface area contributed by atoms with Crippen molar-refractivity contribution in [1.82, 2.24) is 10.6 Å². The highest BCUT2D eigenvalue weighted by molar-refractivity contribution is 5.98. The number of carboxylic acid groups (broad SMARTS) is 1. The third kappa shape index (κ3) is 45.0. The fraction of sp³-hybridized carbons (Fsp3) is 0.724. The fourth-order valence-corrected chi connectivity index (χ4v) is 6.99. The summed E-state index contributed by atoms with van der Waals surface area (Å²) in [4.78, 5) is 59.9. The molecule has 0 bridgehead atoms. The Morgan fingerprint density at radius 3 is 1.11 bits per heavy atom. The Labute approximate surface area is 515 Å². The van der Waals surface area contributed by atoms with Crippen molar-refractivity contribution in [3.05, 3.63) is 63.7 Å². The first-order valence-corrected chi connectivity index (χ1v) is 29.5.